The highest BCUT2D eigenvalue weighted by atomic mass is 16.5. The smallest absolute Gasteiger partial charge is 0.251 e. The molecule has 2 amide bonds. The summed E-state index contributed by atoms with van der Waals surface area (Å²) in [6, 6.07) is 20.7. The number of hydrogen-bond donors (Lipinski definition) is 1. The van der Waals surface area contributed by atoms with Crippen molar-refractivity contribution in [3.8, 4) is 16.9 Å². The number of Topliss-reactive ketones (excluding diaryl/α,β-unsaturated/α-hetero) is 1. The molecule has 0 aromatic heterocycles. The number of amides is 2. The van der Waals surface area contributed by atoms with Gasteiger partial charge in [0.15, 0.2) is 5.78 Å². The first kappa shape index (κ1) is 21.9. The van der Waals surface area contributed by atoms with Crippen molar-refractivity contribution in [3.05, 3.63) is 83.4 Å². The molecule has 0 aliphatic carbocycles. The predicted octanol–water partition coefficient (Wildman–Crippen LogP) is 4.42. The van der Waals surface area contributed by atoms with E-state index in [-0.39, 0.29) is 23.7 Å². The molecule has 0 saturated carbocycles. The Hall–Kier alpha value is -3.93. The monoisotopic (exact) mass is 454 g/mol. The van der Waals surface area contributed by atoms with Crippen LogP contribution in [-0.4, -0.2) is 36.8 Å². The highest BCUT2D eigenvalue weighted by molar-refractivity contribution is 6.01. The number of carbonyl (C=O) groups is 3. The molecule has 2 aliphatic heterocycles. The van der Waals surface area contributed by atoms with Crippen molar-refractivity contribution in [1.82, 2.24) is 5.32 Å². The van der Waals surface area contributed by atoms with Gasteiger partial charge in [-0.2, -0.15) is 0 Å². The van der Waals surface area contributed by atoms with Crippen LogP contribution in [0, 0.1) is 0 Å². The number of hydrogen-bond acceptors (Lipinski definition) is 4. The molecule has 3 aromatic carbocycles. The number of ether oxygens (including phenoxy) is 1. The molecular weight excluding hydrogens is 428 g/mol. The zero-order valence-electron chi connectivity index (χ0n) is 19.0. The first-order valence-electron chi connectivity index (χ1n) is 11.6. The molecule has 1 N–H and O–H groups in total. The van der Waals surface area contributed by atoms with Crippen LogP contribution >= 0.6 is 0 Å². The molecule has 6 nitrogen and oxygen atoms in total. The van der Waals surface area contributed by atoms with Crippen molar-refractivity contribution < 1.29 is 19.1 Å². The second-order valence-corrected chi connectivity index (χ2v) is 8.78. The van der Waals surface area contributed by atoms with Crippen LogP contribution in [0.2, 0.25) is 0 Å². The van der Waals surface area contributed by atoms with Crippen LogP contribution in [0.15, 0.2) is 66.7 Å². The highest BCUT2D eigenvalue weighted by Gasteiger charge is 2.25. The maximum atomic E-state index is 12.8. The van der Waals surface area contributed by atoms with Gasteiger partial charge >= 0.3 is 0 Å². The van der Waals surface area contributed by atoms with Crippen molar-refractivity contribution in [3.63, 3.8) is 0 Å². The van der Waals surface area contributed by atoms with Crippen molar-refractivity contribution in [1.29, 1.82) is 0 Å². The van der Waals surface area contributed by atoms with Crippen molar-refractivity contribution in [2.24, 2.45) is 0 Å². The predicted molar refractivity (Wildman–Crippen MR) is 130 cm³/mol. The Kier molecular flexibility index (Phi) is 5.88. The van der Waals surface area contributed by atoms with Gasteiger partial charge in [-0.25, -0.2) is 0 Å². The summed E-state index contributed by atoms with van der Waals surface area (Å²) < 4.78 is 6.05. The van der Waals surface area contributed by atoms with Gasteiger partial charge in [0.2, 0.25) is 5.91 Å². The van der Waals surface area contributed by atoms with Crippen LogP contribution in [0.1, 0.15) is 46.0 Å². The number of fused-ring (bicyclic) bond motifs is 1. The van der Waals surface area contributed by atoms with Crippen LogP contribution in [0.25, 0.3) is 11.1 Å². The molecule has 1 atom stereocenters. The molecule has 1 fully saturated rings. The second kappa shape index (κ2) is 9.14. The SMILES string of the molecule is CC(=O)c1ccccc1-c1ccc2c(c1)C[C@H](CNC(=O)c1cccc(N3CCCC3=O)c1)O2. The molecule has 0 bridgehead atoms. The Morgan fingerprint density at radius 1 is 1.06 bits per heavy atom. The summed E-state index contributed by atoms with van der Waals surface area (Å²) in [5.74, 6) is 0.744. The van der Waals surface area contributed by atoms with E-state index in [0.29, 0.717) is 37.1 Å². The van der Waals surface area contributed by atoms with Crippen LogP contribution in [0.3, 0.4) is 0 Å². The van der Waals surface area contributed by atoms with E-state index in [0.717, 1.165) is 34.5 Å². The summed E-state index contributed by atoms with van der Waals surface area (Å²) in [4.78, 5) is 38.5. The van der Waals surface area contributed by atoms with Gasteiger partial charge in [0.25, 0.3) is 5.91 Å². The van der Waals surface area contributed by atoms with E-state index < -0.39 is 0 Å². The highest BCUT2D eigenvalue weighted by Crippen LogP contribution is 2.34. The van der Waals surface area contributed by atoms with Gasteiger partial charge in [-0.05, 0) is 60.4 Å². The molecule has 0 unspecified atom stereocenters. The van der Waals surface area contributed by atoms with E-state index >= 15 is 0 Å². The van der Waals surface area contributed by atoms with E-state index in [9.17, 15) is 14.4 Å². The summed E-state index contributed by atoms with van der Waals surface area (Å²) in [5.41, 5.74) is 4.93. The summed E-state index contributed by atoms with van der Waals surface area (Å²) in [7, 11) is 0. The molecule has 2 aliphatic rings. The van der Waals surface area contributed by atoms with Crippen molar-refractivity contribution in [2.45, 2.75) is 32.3 Å². The standard InChI is InChI=1S/C28H26N2O4/c1-18(31)24-8-2-3-9-25(24)19-11-12-26-21(14-19)16-23(34-26)17-29-28(33)20-6-4-7-22(15-20)30-13-5-10-27(30)32/h2-4,6-9,11-12,14-15,23H,5,10,13,16-17H2,1H3,(H,29,33)/t23-/m1/s1. The average Bonchev–Trinajstić information content (AvgIpc) is 3.47. The maximum Gasteiger partial charge on any atom is 0.251 e. The van der Waals surface area contributed by atoms with E-state index in [2.05, 4.69) is 11.4 Å². The minimum atomic E-state index is -0.191. The number of ketones is 1. The summed E-state index contributed by atoms with van der Waals surface area (Å²) >= 11 is 0. The topological polar surface area (TPSA) is 75.7 Å². The molecule has 5 rings (SSSR count). The third-order valence-corrected chi connectivity index (χ3v) is 6.40. The lowest BCUT2D eigenvalue weighted by Crippen LogP contribution is -2.34. The molecule has 34 heavy (non-hydrogen) atoms. The molecule has 2 heterocycles. The van der Waals surface area contributed by atoms with Gasteiger partial charge in [0.1, 0.15) is 11.9 Å². The number of benzene rings is 3. The van der Waals surface area contributed by atoms with Crippen LogP contribution in [0.5, 0.6) is 5.75 Å². The van der Waals surface area contributed by atoms with E-state index in [1.165, 1.54) is 0 Å². The lowest BCUT2D eigenvalue weighted by molar-refractivity contribution is -0.117. The fourth-order valence-electron chi connectivity index (χ4n) is 4.69. The summed E-state index contributed by atoms with van der Waals surface area (Å²) in [6.45, 7) is 2.64. The molecular formula is C28H26N2O4. The van der Waals surface area contributed by atoms with E-state index in [4.69, 9.17) is 4.74 Å². The Morgan fingerprint density at radius 3 is 2.71 bits per heavy atom. The first-order chi connectivity index (χ1) is 16.5. The van der Waals surface area contributed by atoms with Gasteiger partial charge in [0.05, 0.1) is 6.54 Å². The minimum Gasteiger partial charge on any atom is -0.488 e. The van der Waals surface area contributed by atoms with Gasteiger partial charge < -0.3 is 15.0 Å². The second-order valence-electron chi connectivity index (χ2n) is 8.78. The molecule has 1 saturated heterocycles. The summed E-state index contributed by atoms with van der Waals surface area (Å²) in [6.07, 6.45) is 1.91. The van der Waals surface area contributed by atoms with Crippen LogP contribution < -0.4 is 15.0 Å². The minimum absolute atomic E-state index is 0.0334. The fourth-order valence-corrected chi connectivity index (χ4v) is 4.69. The van der Waals surface area contributed by atoms with Gasteiger partial charge in [0, 0.05) is 36.2 Å². The summed E-state index contributed by atoms with van der Waals surface area (Å²) in [5, 5.41) is 2.96. The Labute approximate surface area is 198 Å². The number of rotatable bonds is 6. The molecule has 0 radical (unpaired) electrons. The lowest BCUT2D eigenvalue weighted by Gasteiger charge is -2.17. The number of anilines is 1. The Bertz CT molecular complexity index is 1280. The normalized spacial score (nSPS) is 16.8. The Morgan fingerprint density at radius 2 is 1.91 bits per heavy atom. The quantitative estimate of drug-likeness (QED) is 0.560. The van der Waals surface area contributed by atoms with Crippen molar-refractivity contribution in [2.75, 3.05) is 18.0 Å². The lowest BCUT2D eigenvalue weighted by atomic mass is 9.95. The average molecular weight is 455 g/mol. The van der Waals surface area contributed by atoms with Crippen LogP contribution in [0.4, 0.5) is 5.69 Å². The van der Waals surface area contributed by atoms with E-state index in [1.807, 2.05) is 42.5 Å². The largest absolute Gasteiger partial charge is 0.488 e. The van der Waals surface area contributed by atoms with E-state index in [1.54, 1.807) is 30.0 Å². The zero-order valence-corrected chi connectivity index (χ0v) is 19.0. The molecule has 0 spiro atoms. The third-order valence-electron chi connectivity index (χ3n) is 6.40. The molecule has 172 valence electrons. The third kappa shape index (κ3) is 4.31. The fraction of sp³-hybridized carbons (Fsp3) is 0.250. The van der Waals surface area contributed by atoms with Crippen LogP contribution in [-0.2, 0) is 11.2 Å². The van der Waals surface area contributed by atoms with Gasteiger partial charge in [-0.15, -0.1) is 0 Å². The molecule has 6 heteroatoms. The zero-order chi connectivity index (χ0) is 23.7. The number of nitrogens with zero attached hydrogens (tertiary/aromatic N) is 1. The van der Waals surface area contributed by atoms with Gasteiger partial charge in [-0.1, -0.05) is 36.4 Å². The molecule has 3 aromatic rings. The number of carbonyl (C=O) groups excluding carboxylic acids is 3. The van der Waals surface area contributed by atoms with Crippen molar-refractivity contribution >= 4 is 23.3 Å². The van der Waals surface area contributed by atoms with Gasteiger partial charge in [-0.3, -0.25) is 14.4 Å². The Balaban J connectivity index is 1.24. The maximum absolute atomic E-state index is 12.8. The first-order valence-corrected chi connectivity index (χ1v) is 11.6. The number of nitrogens with one attached hydrogen (secondary N) is 1.